The van der Waals surface area contributed by atoms with Gasteiger partial charge in [-0.1, -0.05) is 0 Å². The van der Waals surface area contributed by atoms with Gasteiger partial charge in [0, 0.05) is 19.0 Å². The molecule has 3 atom stereocenters. The quantitative estimate of drug-likeness (QED) is 0.676. The average molecular weight is 268 g/mol. The third-order valence-electron chi connectivity index (χ3n) is 5.07. The molecule has 0 spiro atoms. The summed E-state index contributed by atoms with van der Waals surface area (Å²) in [7, 11) is 0. The Balaban J connectivity index is 1.61. The van der Waals surface area contributed by atoms with E-state index in [0.29, 0.717) is 31.8 Å². The lowest BCUT2D eigenvalue weighted by molar-refractivity contribution is -0.148. The molecule has 106 valence electrons. The fourth-order valence-electron chi connectivity index (χ4n) is 3.61. The van der Waals surface area contributed by atoms with Gasteiger partial charge in [-0.15, -0.1) is 0 Å². The number of hydrogen-bond donors (Lipinski definition) is 3. The number of urea groups is 1. The van der Waals surface area contributed by atoms with Crippen molar-refractivity contribution in [3.63, 3.8) is 0 Å². The van der Waals surface area contributed by atoms with E-state index in [1.165, 1.54) is 0 Å². The smallest absolute Gasteiger partial charge is 0.329 e. The molecule has 0 radical (unpaired) electrons. The highest BCUT2D eigenvalue weighted by Crippen LogP contribution is 2.38. The summed E-state index contributed by atoms with van der Waals surface area (Å²) < 4.78 is 0. The molecule has 1 saturated heterocycles. The van der Waals surface area contributed by atoms with Crippen LogP contribution in [0.1, 0.15) is 32.1 Å². The van der Waals surface area contributed by atoms with E-state index in [1.807, 2.05) is 0 Å². The van der Waals surface area contributed by atoms with E-state index in [0.717, 1.165) is 19.3 Å². The molecular formula is C13H20N2O4. The number of aliphatic hydroxyl groups is 1. The summed E-state index contributed by atoms with van der Waals surface area (Å²) in [4.78, 5) is 25.1. The normalized spacial score (nSPS) is 35.6. The van der Waals surface area contributed by atoms with Crippen molar-refractivity contribution >= 4 is 12.0 Å². The minimum absolute atomic E-state index is 0.174. The third-order valence-corrected chi connectivity index (χ3v) is 5.07. The lowest BCUT2D eigenvalue weighted by Crippen LogP contribution is -2.61. The van der Waals surface area contributed by atoms with Crippen molar-refractivity contribution < 1.29 is 19.8 Å². The molecule has 2 saturated carbocycles. The molecule has 2 amide bonds. The molecule has 3 rings (SSSR count). The van der Waals surface area contributed by atoms with Crippen LogP contribution in [0.2, 0.25) is 0 Å². The van der Waals surface area contributed by atoms with E-state index in [9.17, 15) is 19.8 Å². The molecular weight excluding hydrogens is 248 g/mol. The SMILES string of the molecule is O=C(NC1(C(=O)O)CCC1)N1CC2CCC(O)C2C1. The Morgan fingerprint density at radius 1 is 1.21 bits per heavy atom. The van der Waals surface area contributed by atoms with Crippen LogP contribution in [-0.4, -0.2) is 51.8 Å². The van der Waals surface area contributed by atoms with Crippen LogP contribution in [0.3, 0.4) is 0 Å². The van der Waals surface area contributed by atoms with Crippen LogP contribution in [0.15, 0.2) is 0 Å². The largest absolute Gasteiger partial charge is 0.480 e. The predicted octanol–water partition coefficient (Wildman–Crippen LogP) is 0.406. The van der Waals surface area contributed by atoms with Gasteiger partial charge in [0.1, 0.15) is 5.54 Å². The zero-order valence-corrected chi connectivity index (χ0v) is 10.8. The molecule has 3 aliphatic rings. The minimum Gasteiger partial charge on any atom is -0.480 e. The van der Waals surface area contributed by atoms with Crippen molar-refractivity contribution in [2.24, 2.45) is 11.8 Å². The van der Waals surface area contributed by atoms with Gasteiger partial charge in [-0.3, -0.25) is 0 Å². The Bertz CT molecular complexity index is 407. The number of rotatable bonds is 2. The summed E-state index contributed by atoms with van der Waals surface area (Å²) in [5.41, 5.74) is -1.05. The van der Waals surface area contributed by atoms with E-state index in [4.69, 9.17) is 0 Å². The molecule has 3 unspecified atom stereocenters. The van der Waals surface area contributed by atoms with Crippen molar-refractivity contribution in [1.29, 1.82) is 0 Å². The molecule has 2 aliphatic carbocycles. The number of aliphatic hydroxyl groups excluding tert-OH is 1. The summed E-state index contributed by atoms with van der Waals surface area (Å²) in [6.07, 6.45) is 3.34. The van der Waals surface area contributed by atoms with Gasteiger partial charge in [-0.25, -0.2) is 9.59 Å². The van der Waals surface area contributed by atoms with Crippen LogP contribution in [0, 0.1) is 11.8 Å². The van der Waals surface area contributed by atoms with Gasteiger partial charge in [0.25, 0.3) is 0 Å². The molecule has 0 aromatic rings. The van der Waals surface area contributed by atoms with E-state index in [2.05, 4.69) is 5.32 Å². The Hall–Kier alpha value is -1.30. The maximum absolute atomic E-state index is 12.2. The molecule has 0 aromatic carbocycles. The molecule has 1 aliphatic heterocycles. The van der Waals surface area contributed by atoms with E-state index >= 15 is 0 Å². The fourth-order valence-corrected chi connectivity index (χ4v) is 3.61. The number of nitrogens with one attached hydrogen (secondary N) is 1. The Kier molecular flexibility index (Phi) is 2.92. The average Bonchev–Trinajstić information content (AvgIpc) is 2.86. The summed E-state index contributed by atoms with van der Waals surface area (Å²) in [5, 5.41) is 21.7. The number of carbonyl (C=O) groups excluding carboxylic acids is 1. The standard InChI is InChI=1S/C13H20N2O4/c16-10-3-2-8-6-15(7-9(8)10)12(19)14-13(11(17)18)4-1-5-13/h8-10,16H,1-7H2,(H,14,19)(H,17,18). The van der Waals surface area contributed by atoms with Crippen molar-refractivity contribution in [3.05, 3.63) is 0 Å². The Morgan fingerprint density at radius 2 is 1.95 bits per heavy atom. The van der Waals surface area contributed by atoms with E-state index in [1.54, 1.807) is 4.90 Å². The topological polar surface area (TPSA) is 89.9 Å². The first-order valence-corrected chi connectivity index (χ1v) is 7.00. The van der Waals surface area contributed by atoms with Crippen LogP contribution in [0.4, 0.5) is 4.79 Å². The van der Waals surface area contributed by atoms with Crippen molar-refractivity contribution in [3.8, 4) is 0 Å². The highest BCUT2D eigenvalue weighted by atomic mass is 16.4. The zero-order valence-electron chi connectivity index (χ0n) is 10.8. The van der Waals surface area contributed by atoms with Gasteiger partial charge < -0.3 is 20.4 Å². The molecule has 0 aromatic heterocycles. The van der Waals surface area contributed by atoms with Crippen LogP contribution >= 0.6 is 0 Å². The minimum atomic E-state index is -1.05. The summed E-state index contributed by atoms with van der Waals surface area (Å²) in [6, 6.07) is -0.288. The van der Waals surface area contributed by atoms with Gasteiger partial charge in [-0.05, 0) is 38.0 Å². The molecule has 6 heteroatoms. The van der Waals surface area contributed by atoms with Crippen LogP contribution in [-0.2, 0) is 4.79 Å². The second kappa shape index (κ2) is 4.37. The number of carbonyl (C=O) groups is 2. The summed E-state index contributed by atoms with van der Waals surface area (Å²) >= 11 is 0. The molecule has 6 nitrogen and oxygen atoms in total. The van der Waals surface area contributed by atoms with Gasteiger partial charge >= 0.3 is 12.0 Å². The predicted molar refractivity (Wildman–Crippen MR) is 66.5 cm³/mol. The van der Waals surface area contributed by atoms with Crippen LogP contribution in [0.25, 0.3) is 0 Å². The number of nitrogens with zero attached hydrogens (tertiary/aromatic N) is 1. The molecule has 3 fully saturated rings. The van der Waals surface area contributed by atoms with E-state index in [-0.39, 0.29) is 18.1 Å². The lowest BCUT2D eigenvalue weighted by Gasteiger charge is -2.39. The second-order valence-electron chi connectivity index (χ2n) is 6.14. The number of carboxylic acids is 1. The first kappa shape index (κ1) is 12.7. The highest BCUT2D eigenvalue weighted by Gasteiger charge is 2.48. The summed E-state index contributed by atoms with van der Waals surface area (Å²) in [6.45, 7) is 1.19. The number of carboxylic acid groups (broad SMARTS) is 1. The van der Waals surface area contributed by atoms with Crippen LogP contribution in [0.5, 0.6) is 0 Å². The zero-order chi connectivity index (χ0) is 13.6. The first-order chi connectivity index (χ1) is 9.02. The van der Waals surface area contributed by atoms with Gasteiger partial charge in [0.05, 0.1) is 6.10 Å². The molecule has 3 N–H and O–H groups in total. The third kappa shape index (κ3) is 1.98. The van der Waals surface area contributed by atoms with Gasteiger partial charge in [-0.2, -0.15) is 0 Å². The van der Waals surface area contributed by atoms with Crippen LogP contribution < -0.4 is 5.32 Å². The maximum atomic E-state index is 12.2. The lowest BCUT2D eigenvalue weighted by atomic mass is 9.77. The monoisotopic (exact) mass is 268 g/mol. The second-order valence-corrected chi connectivity index (χ2v) is 6.14. The van der Waals surface area contributed by atoms with Crippen molar-refractivity contribution in [2.45, 2.75) is 43.7 Å². The number of aliphatic carboxylic acids is 1. The fraction of sp³-hybridized carbons (Fsp3) is 0.846. The Labute approximate surface area is 111 Å². The molecule has 0 bridgehead atoms. The van der Waals surface area contributed by atoms with E-state index < -0.39 is 11.5 Å². The molecule has 1 heterocycles. The van der Waals surface area contributed by atoms with Gasteiger partial charge in [0.2, 0.25) is 0 Å². The number of fused-ring (bicyclic) bond motifs is 1. The Morgan fingerprint density at radius 3 is 2.47 bits per heavy atom. The highest BCUT2D eigenvalue weighted by molar-refractivity contribution is 5.87. The van der Waals surface area contributed by atoms with Gasteiger partial charge in [0.15, 0.2) is 0 Å². The number of hydrogen-bond acceptors (Lipinski definition) is 3. The first-order valence-electron chi connectivity index (χ1n) is 7.00. The maximum Gasteiger partial charge on any atom is 0.329 e. The number of likely N-dealkylation sites (tertiary alicyclic amines) is 1. The van der Waals surface area contributed by atoms with Crippen molar-refractivity contribution in [1.82, 2.24) is 10.2 Å². The van der Waals surface area contributed by atoms with Crippen molar-refractivity contribution in [2.75, 3.05) is 13.1 Å². The number of amides is 2. The molecule has 19 heavy (non-hydrogen) atoms. The summed E-state index contributed by atoms with van der Waals surface area (Å²) in [5.74, 6) is -0.387.